The molecule has 0 radical (unpaired) electrons. The molecule has 18 heavy (non-hydrogen) atoms. The molecule has 7 heteroatoms. The van der Waals surface area contributed by atoms with Crippen molar-refractivity contribution in [2.45, 2.75) is 11.0 Å². The molecule has 0 bridgehead atoms. The van der Waals surface area contributed by atoms with E-state index in [0.717, 1.165) is 22.3 Å². The van der Waals surface area contributed by atoms with Crippen LogP contribution in [0.4, 0.5) is 0 Å². The zero-order valence-electron chi connectivity index (χ0n) is 10.9. The molecule has 0 unspecified atom stereocenters. The molecule has 1 fully saturated rings. The van der Waals surface area contributed by atoms with Crippen molar-refractivity contribution < 1.29 is 14.3 Å². The van der Waals surface area contributed by atoms with Gasteiger partial charge in [-0.1, -0.05) is 0 Å². The molecule has 0 aromatic rings. The van der Waals surface area contributed by atoms with Crippen molar-refractivity contribution in [3.8, 4) is 0 Å². The smallest absolute Gasteiger partial charge is 0.257 e. The number of β-lactam (4-membered cyclic amide) rings is 1. The van der Waals surface area contributed by atoms with Gasteiger partial charge in [-0.25, -0.2) is 0 Å². The van der Waals surface area contributed by atoms with Crippen molar-refractivity contribution in [1.82, 2.24) is 4.90 Å². The van der Waals surface area contributed by atoms with Gasteiger partial charge in [0.25, 0.3) is 5.91 Å². The number of rotatable bonds is 4. The Morgan fingerprint density at radius 3 is 2.67 bits per heavy atom. The number of thioether (sulfide) groups is 3. The fraction of sp³-hybridized carbons (Fsp3) is 0.727. The minimum Gasteiger partial charge on any atom is -0.496 e. The van der Waals surface area contributed by atoms with Crippen LogP contribution in [0.2, 0.25) is 0 Å². The summed E-state index contributed by atoms with van der Waals surface area (Å²) in [7, 11) is 3.26. The summed E-state index contributed by atoms with van der Waals surface area (Å²) in [4.78, 5) is 13.5. The average molecular weight is 307 g/mol. The van der Waals surface area contributed by atoms with Crippen molar-refractivity contribution in [2.75, 3.05) is 39.0 Å². The fourth-order valence-electron chi connectivity index (χ4n) is 2.46. The van der Waals surface area contributed by atoms with E-state index in [4.69, 9.17) is 9.47 Å². The first-order valence-corrected chi connectivity index (χ1v) is 8.95. The lowest BCUT2D eigenvalue weighted by Crippen LogP contribution is -2.74. The van der Waals surface area contributed by atoms with Gasteiger partial charge in [-0.3, -0.25) is 4.79 Å². The highest BCUT2D eigenvalue weighted by atomic mass is 32.2. The molecule has 2 aliphatic heterocycles. The molecule has 102 valence electrons. The third-order valence-electron chi connectivity index (χ3n) is 3.24. The second-order valence-electron chi connectivity index (χ2n) is 3.88. The van der Waals surface area contributed by atoms with Gasteiger partial charge in [0.15, 0.2) is 16.7 Å². The molecule has 0 saturated carbocycles. The molecule has 0 spiro atoms. The van der Waals surface area contributed by atoms with Crippen LogP contribution >= 0.6 is 35.3 Å². The maximum Gasteiger partial charge on any atom is 0.257 e. The van der Waals surface area contributed by atoms with Gasteiger partial charge in [0.2, 0.25) is 0 Å². The molecule has 2 atom stereocenters. The van der Waals surface area contributed by atoms with Crippen molar-refractivity contribution in [3.63, 3.8) is 0 Å². The van der Waals surface area contributed by atoms with E-state index in [2.05, 4.69) is 0 Å². The van der Waals surface area contributed by atoms with E-state index in [1.54, 1.807) is 49.5 Å². The Bertz CT molecular complexity index is 388. The predicted octanol–water partition coefficient (Wildman–Crippen LogP) is 1.83. The number of carbonyl (C=O) groups is 1. The third kappa shape index (κ3) is 1.78. The molecule has 4 nitrogen and oxygen atoms in total. The summed E-state index contributed by atoms with van der Waals surface area (Å²) in [6.07, 6.45) is 3.59. The number of hydrogen-bond acceptors (Lipinski definition) is 6. The maximum absolute atomic E-state index is 12.1. The Morgan fingerprint density at radius 2 is 2.17 bits per heavy atom. The van der Waals surface area contributed by atoms with Crippen LogP contribution in [0.25, 0.3) is 0 Å². The first-order valence-electron chi connectivity index (χ1n) is 5.52. The summed E-state index contributed by atoms with van der Waals surface area (Å²) < 4.78 is 12.2. The molecule has 1 amide bonds. The van der Waals surface area contributed by atoms with Gasteiger partial charge in [-0.2, -0.15) is 0 Å². The lowest BCUT2D eigenvalue weighted by Gasteiger charge is -2.54. The zero-order chi connectivity index (χ0) is 13.3. The summed E-state index contributed by atoms with van der Waals surface area (Å²) in [5.41, 5.74) is 0. The Morgan fingerprint density at radius 1 is 1.44 bits per heavy atom. The molecule has 0 aromatic heterocycles. The SMILES string of the molecule is COC1=C(SC)SCCN2C(=O)[C@@H](OC)[C@@]12SC. The van der Waals surface area contributed by atoms with Crippen molar-refractivity contribution >= 4 is 41.2 Å². The largest absolute Gasteiger partial charge is 0.496 e. The minimum absolute atomic E-state index is 0.0596. The lowest BCUT2D eigenvalue weighted by molar-refractivity contribution is -0.173. The lowest BCUT2D eigenvalue weighted by atomic mass is 9.95. The van der Waals surface area contributed by atoms with Crippen LogP contribution in [0.5, 0.6) is 0 Å². The predicted molar refractivity (Wildman–Crippen MR) is 78.8 cm³/mol. The molecule has 2 rings (SSSR count). The summed E-state index contributed by atoms with van der Waals surface area (Å²) >= 11 is 5.03. The van der Waals surface area contributed by atoms with E-state index >= 15 is 0 Å². The number of hydrogen-bond donors (Lipinski definition) is 0. The van der Waals surface area contributed by atoms with Crippen molar-refractivity contribution in [2.24, 2.45) is 0 Å². The van der Waals surface area contributed by atoms with Gasteiger partial charge < -0.3 is 14.4 Å². The van der Waals surface area contributed by atoms with Gasteiger partial charge in [-0.15, -0.1) is 35.3 Å². The molecule has 2 aliphatic rings. The van der Waals surface area contributed by atoms with Crippen LogP contribution in [0.15, 0.2) is 10.00 Å². The first kappa shape index (κ1) is 14.4. The van der Waals surface area contributed by atoms with Crippen LogP contribution in [0.1, 0.15) is 0 Å². The van der Waals surface area contributed by atoms with Crippen LogP contribution < -0.4 is 0 Å². The monoisotopic (exact) mass is 307 g/mol. The van der Waals surface area contributed by atoms with Gasteiger partial charge >= 0.3 is 0 Å². The van der Waals surface area contributed by atoms with Gasteiger partial charge in [-0.05, 0) is 12.5 Å². The van der Waals surface area contributed by atoms with Gasteiger partial charge in [0, 0.05) is 19.4 Å². The summed E-state index contributed by atoms with van der Waals surface area (Å²) in [6, 6.07) is 0. The molecule has 0 aromatic carbocycles. The van der Waals surface area contributed by atoms with Crippen LogP contribution in [0, 0.1) is 0 Å². The second-order valence-corrected chi connectivity index (χ2v) is 7.09. The highest BCUT2D eigenvalue weighted by Gasteiger charge is 2.65. The number of ether oxygens (including phenoxy) is 2. The normalized spacial score (nSPS) is 31.9. The molecular weight excluding hydrogens is 290 g/mol. The third-order valence-corrected chi connectivity index (χ3v) is 6.73. The minimum atomic E-state index is -0.484. The van der Waals surface area contributed by atoms with Crippen molar-refractivity contribution in [1.29, 1.82) is 0 Å². The van der Waals surface area contributed by atoms with E-state index in [9.17, 15) is 4.79 Å². The highest BCUT2D eigenvalue weighted by molar-refractivity contribution is 8.22. The van der Waals surface area contributed by atoms with Crippen LogP contribution in [-0.2, 0) is 14.3 Å². The molecule has 1 saturated heterocycles. The number of amides is 1. The number of methoxy groups -OCH3 is 2. The van der Waals surface area contributed by atoms with E-state index in [1.165, 1.54) is 0 Å². The zero-order valence-corrected chi connectivity index (χ0v) is 13.3. The first-order chi connectivity index (χ1) is 8.67. The Balaban J connectivity index is 2.51. The van der Waals surface area contributed by atoms with Gasteiger partial charge in [0.05, 0.1) is 11.3 Å². The fourth-order valence-corrected chi connectivity index (χ4v) is 5.75. The van der Waals surface area contributed by atoms with E-state index in [0.29, 0.717) is 0 Å². The average Bonchev–Trinajstić information content (AvgIpc) is 2.53. The topological polar surface area (TPSA) is 38.8 Å². The maximum atomic E-state index is 12.1. The molecule has 0 N–H and O–H groups in total. The van der Waals surface area contributed by atoms with Crippen LogP contribution in [-0.4, -0.2) is 60.8 Å². The van der Waals surface area contributed by atoms with E-state index < -0.39 is 11.0 Å². The van der Waals surface area contributed by atoms with E-state index in [1.807, 2.05) is 17.4 Å². The Labute approximate surface area is 120 Å². The molecular formula is C11H17NO3S3. The second kappa shape index (κ2) is 5.56. The van der Waals surface area contributed by atoms with Crippen LogP contribution in [0.3, 0.4) is 0 Å². The number of fused-ring (bicyclic) bond motifs is 1. The number of carbonyl (C=O) groups excluding carboxylic acids is 1. The Kier molecular flexibility index (Phi) is 4.46. The summed E-state index contributed by atoms with van der Waals surface area (Å²) in [6.45, 7) is 0.737. The summed E-state index contributed by atoms with van der Waals surface area (Å²) in [5.74, 6) is 1.81. The standard InChI is InChI=1S/C11H17NO3S3/c1-14-7-9(13)12-5-6-18-10(16-3)8(15-2)11(7,12)17-4/h7H,5-6H2,1-4H3/t7-,11-/m1/s1. The Hall–Kier alpha value is 0.0200. The van der Waals surface area contributed by atoms with Crippen molar-refractivity contribution in [3.05, 3.63) is 10.00 Å². The van der Waals surface area contributed by atoms with Gasteiger partial charge in [0.1, 0.15) is 0 Å². The highest BCUT2D eigenvalue weighted by Crippen LogP contribution is 2.53. The molecule has 2 heterocycles. The summed E-state index contributed by atoms with van der Waals surface area (Å²) in [5, 5.41) is 0. The number of nitrogens with zero attached hydrogens (tertiary/aromatic N) is 1. The van der Waals surface area contributed by atoms with E-state index in [-0.39, 0.29) is 5.91 Å². The quantitative estimate of drug-likeness (QED) is 0.738. The molecule has 0 aliphatic carbocycles.